The molecule has 0 aliphatic carbocycles. The van der Waals surface area contributed by atoms with E-state index in [1.807, 2.05) is 31.2 Å². The van der Waals surface area contributed by atoms with Crippen molar-refractivity contribution in [3.05, 3.63) is 29.8 Å². The summed E-state index contributed by atoms with van der Waals surface area (Å²) in [4.78, 5) is 0. The average Bonchev–Trinajstić information content (AvgIpc) is 2.18. The van der Waals surface area contributed by atoms with E-state index in [0.717, 1.165) is 11.3 Å². The molecule has 1 aromatic rings. The molecule has 3 N–H and O–H groups in total. The fourth-order valence-electron chi connectivity index (χ4n) is 1.48. The van der Waals surface area contributed by atoms with Crippen LogP contribution in [0.5, 0.6) is 5.75 Å². The van der Waals surface area contributed by atoms with Gasteiger partial charge in [-0.15, -0.1) is 0 Å². The first kappa shape index (κ1) is 11.0. The van der Waals surface area contributed by atoms with Crippen LogP contribution >= 0.6 is 0 Å². The van der Waals surface area contributed by atoms with Crippen LogP contribution in [0.1, 0.15) is 18.9 Å². The minimum atomic E-state index is -0.540. The molecule has 1 unspecified atom stereocenters. The van der Waals surface area contributed by atoms with Crippen LogP contribution in [0, 0.1) is 0 Å². The molecule has 0 bridgehead atoms. The Kier molecular flexibility index (Phi) is 3.49. The van der Waals surface area contributed by atoms with Gasteiger partial charge in [0, 0.05) is 17.7 Å². The summed E-state index contributed by atoms with van der Waals surface area (Å²) in [6.07, 6.45) is 0.521. The van der Waals surface area contributed by atoms with Gasteiger partial charge in [0.15, 0.2) is 0 Å². The lowest BCUT2D eigenvalue weighted by atomic mass is 9.89. The van der Waals surface area contributed by atoms with Gasteiger partial charge in [-0.2, -0.15) is 0 Å². The first-order valence-corrected chi connectivity index (χ1v) is 4.65. The second kappa shape index (κ2) is 4.44. The molecule has 3 heteroatoms. The second-order valence-electron chi connectivity index (χ2n) is 3.59. The van der Waals surface area contributed by atoms with Gasteiger partial charge in [-0.3, -0.25) is 0 Å². The van der Waals surface area contributed by atoms with E-state index in [0.29, 0.717) is 6.42 Å². The zero-order chi connectivity index (χ0) is 10.6. The Labute approximate surface area is 84.5 Å². The van der Waals surface area contributed by atoms with Gasteiger partial charge in [0.2, 0.25) is 0 Å². The smallest absolute Gasteiger partial charge is 0.123 e. The molecule has 0 amide bonds. The molecule has 78 valence electrons. The average molecular weight is 195 g/mol. The zero-order valence-electron chi connectivity index (χ0n) is 8.66. The number of para-hydroxylation sites is 1. The second-order valence-corrected chi connectivity index (χ2v) is 3.59. The van der Waals surface area contributed by atoms with Crippen LogP contribution in [0.25, 0.3) is 0 Å². The maximum absolute atomic E-state index is 8.91. The van der Waals surface area contributed by atoms with Crippen LogP contribution in [0.4, 0.5) is 0 Å². The summed E-state index contributed by atoms with van der Waals surface area (Å²) in [5.41, 5.74) is 6.47. The molecular weight excluding hydrogens is 178 g/mol. The summed E-state index contributed by atoms with van der Waals surface area (Å²) in [5, 5.41) is 8.91. The number of ether oxygens (including phenoxy) is 1. The molecule has 0 aromatic heterocycles. The molecule has 0 radical (unpaired) electrons. The van der Waals surface area contributed by atoms with Crippen LogP contribution in [0.15, 0.2) is 24.3 Å². The molecule has 0 fully saturated rings. The number of hydrogen-bond donors (Lipinski definition) is 2. The Morgan fingerprint density at radius 2 is 2.07 bits per heavy atom. The van der Waals surface area contributed by atoms with Crippen LogP contribution in [0.2, 0.25) is 0 Å². The van der Waals surface area contributed by atoms with E-state index in [9.17, 15) is 0 Å². The molecule has 3 nitrogen and oxygen atoms in total. The third kappa shape index (κ3) is 2.25. The van der Waals surface area contributed by atoms with Crippen molar-refractivity contribution in [2.75, 3.05) is 13.7 Å². The van der Waals surface area contributed by atoms with Crippen LogP contribution in [-0.2, 0) is 5.54 Å². The van der Waals surface area contributed by atoms with Gasteiger partial charge in [-0.25, -0.2) is 0 Å². The summed E-state index contributed by atoms with van der Waals surface area (Å²) < 4.78 is 5.22. The van der Waals surface area contributed by atoms with E-state index < -0.39 is 5.54 Å². The summed E-state index contributed by atoms with van der Waals surface area (Å²) in [6, 6.07) is 7.62. The number of aliphatic hydroxyl groups is 1. The lowest BCUT2D eigenvalue weighted by Gasteiger charge is -2.26. The molecule has 0 heterocycles. The van der Waals surface area contributed by atoms with Crippen LogP contribution in [-0.4, -0.2) is 18.8 Å². The lowest BCUT2D eigenvalue weighted by molar-refractivity contribution is 0.244. The molecule has 0 spiro atoms. The summed E-state index contributed by atoms with van der Waals surface area (Å²) in [6.45, 7) is 1.96. The minimum Gasteiger partial charge on any atom is -0.496 e. The summed E-state index contributed by atoms with van der Waals surface area (Å²) >= 11 is 0. The van der Waals surface area contributed by atoms with Crippen molar-refractivity contribution in [1.82, 2.24) is 0 Å². The predicted molar refractivity (Wildman–Crippen MR) is 56.2 cm³/mol. The van der Waals surface area contributed by atoms with Gasteiger partial charge in [0.25, 0.3) is 0 Å². The Morgan fingerprint density at radius 3 is 2.64 bits per heavy atom. The quantitative estimate of drug-likeness (QED) is 0.760. The maximum Gasteiger partial charge on any atom is 0.123 e. The van der Waals surface area contributed by atoms with E-state index >= 15 is 0 Å². The molecule has 1 atom stereocenters. The topological polar surface area (TPSA) is 55.5 Å². The van der Waals surface area contributed by atoms with E-state index in [2.05, 4.69) is 0 Å². The monoisotopic (exact) mass is 195 g/mol. The Morgan fingerprint density at radius 1 is 1.43 bits per heavy atom. The molecule has 14 heavy (non-hydrogen) atoms. The highest BCUT2D eigenvalue weighted by molar-refractivity contribution is 5.38. The van der Waals surface area contributed by atoms with Gasteiger partial charge >= 0.3 is 0 Å². The number of methoxy groups -OCH3 is 1. The van der Waals surface area contributed by atoms with Crippen LogP contribution < -0.4 is 10.5 Å². The largest absolute Gasteiger partial charge is 0.496 e. The molecule has 1 aromatic carbocycles. The maximum atomic E-state index is 8.91. The van der Waals surface area contributed by atoms with Crippen LogP contribution in [0.3, 0.4) is 0 Å². The van der Waals surface area contributed by atoms with Gasteiger partial charge in [0.05, 0.1) is 7.11 Å². The van der Waals surface area contributed by atoms with Gasteiger partial charge in [-0.05, 0) is 19.4 Å². The van der Waals surface area contributed by atoms with E-state index in [-0.39, 0.29) is 6.61 Å². The number of benzene rings is 1. The Hall–Kier alpha value is -1.06. The number of aliphatic hydroxyl groups excluding tert-OH is 1. The molecule has 0 aliphatic rings. The van der Waals surface area contributed by atoms with E-state index in [1.165, 1.54) is 0 Å². The third-order valence-corrected chi connectivity index (χ3v) is 2.35. The molecule has 0 saturated carbocycles. The highest BCUT2D eigenvalue weighted by atomic mass is 16.5. The molecular formula is C11H17NO2. The summed E-state index contributed by atoms with van der Waals surface area (Å²) in [5.74, 6) is 0.769. The highest BCUT2D eigenvalue weighted by Crippen LogP contribution is 2.29. The number of hydrogen-bond acceptors (Lipinski definition) is 3. The number of rotatable bonds is 4. The predicted octanol–water partition coefficient (Wildman–Crippen LogP) is 1.25. The Bertz CT molecular complexity index is 297. The standard InChI is InChI=1S/C11H17NO2/c1-11(12,7-8-13)9-5-3-4-6-10(9)14-2/h3-6,13H,7-8,12H2,1-2H3. The molecule has 1 rings (SSSR count). The van der Waals surface area contributed by atoms with Crippen molar-refractivity contribution >= 4 is 0 Å². The third-order valence-electron chi connectivity index (χ3n) is 2.35. The fourth-order valence-corrected chi connectivity index (χ4v) is 1.48. The first-order valence-electron chi connectivity index (χ1n) is 4.65. The normalized spacial score (nSPS) is 14.9. The van der Waals surface area contributed by atoms with Gasteiger partial charge < -0.3 is 15.6 Å². The SMILES string of the molecule is COc1ccccc1C(C)(N)CCO. The van der Waals surface area contributed by atoms with E-state index in [1.54, 1.807) is 7.11 Å². The van der Waals surface area contributed by atoms with Crippen molar-refractivity contribution in [1.29, 1.82) is 0 Å². The number of nitrogens with two attached hydrogens (primary N) is 1. The van der Waals surface area contributed by atoms with Crippen molar-refractivity contribution in [2.45, 2.75) is 18.9 Å². The minimum absolute atomic E-state index is 0.0745. The van der Waals surface area contributed by atoms with Crippen molar-refractivity contribution in [3.8, 4) is 5.75 Å². The summed E-state index contributed by atoms with van der Waals surface area (Å²) in [7, 11) is 1.62. The van der Waals surface area contributed by atoms with E-state index in [4.69, 9.17) is 15.6 Å². The molecule has 0 saturated heterocycles. The molecule has 0 aliphatic heterocycles. The van der Waals surface area contributed by atoms with Gasteiger partial charge in [-0.1, -0.05) is 18.2 Å². The van der Waals surface area contributed by atoms with Crippen molar-refractivity contribution in [2.24, 2.45) is 5.73 Å². The Balaban J connectivity index is 3.04. The highest BCUT2D eigenvalue weighted by Gasteiger charge is 2.23. The van der Waals surface area contributed by atoms with Crippen molar-refractivity contribution < 1.29 is 9.84 Å². The lowest BCUT2D eigenvalue weighted by Crippen LogP contribution is -2.34. The first-order chi connectivity index (χ1) is 6.61. The van der Waals surface area contributed by atoms with Gasteiger partial charge in [0.1, 0.15) is 5.75 Å². The van der Waals surface area contributed by atoms with Crippen molar-refractivity contribution in [3.63, 3.8) is 0 Å². The zero-order valence-corrected chi connectivity index (χ0v) is 8.66. The fraction of sp³-hybridized carbons (Fsp3) is 0.455.